The van der Waals surface area contributed by atoms with Gasteiger partial charge in [-0.2, -0.15) is 13.2 Å². The SMILES string of the molecule is CO[C@@H]1CN(CCCC(=O)N2CCCC2)CC[C@@H]1NC(=O)c1cccc(C(F)(F)F)c1.O=C(O)C(=O)O. The molecule has 0 radical (unpaired) electrons. The topological polar surface area (TPSA) is 136 Å². The Labute approximate surface area is 212 Å². The van der Waals surface area contributed by atoms with E-state index in [-0.39, 0.29) is 23.6 Å². The monoisotopic (exact) mass is 531 g/mol. The summed E-state index contributed by atoms with van der Waals surface area (Å²) in [6.07, 6.45) is -0.660. The molecule has 206 valence electrons. The maximum absolute atomic E-state index is 12.9. The molecule has 2 heterocycles. The molecule has 2 fully saturated rings. The quantitative estimate of drug-likeness (QED) is 0.455. The Morgan fingerprint density at radius 3 is 2.30 bits per heavy atom. The highest BCUT2D eigenvalue weighted by atomic mass is 19.4. The molecular weight excluding hydrogens is 499 g/mol. The Hall–Kier alpha value is -3.19. The molecule has 1 aromatic carbocycles. The van der Waals surface area contributed by atoms with Crippen LogP contribution in [0, 0.1) is 0 Å². The van der Waals surface area contributed by atoms with E-state index in [0.29, 0.717) is 19.4 Å². The Bertz CT molecular complexity index is 940. The number of carbonyl (C=O) groups excluding carboxylic acids is 2. The number of methoxy groups -OCH3 is 1. The lowest BCUT2D eigenvalue weighted by molar-refractivity contribution is -0.159. The van der Waals surface area contributed by atoms with Crippen molar-refractivity contribution in [2.75, 3.05) is 39.8 Å². The summed E-state index contributed by atoms with van der Waals surface area (Å²) >= 11 is 0. The van der Waals surface area contributed by atoms with Crippen molar-refractivity contribution in [1.29, 1.82) is 0 Å². The number of likely N-dealkylation sites (tertiary alicyclic amines) is 2. The van der Waals surface area contributed by atoms with Gasteiger partial charge < -0.3 is 30.1 Å². The number of rotatable bonds is 7. The summed E-state index contributed by atoms with van der Waals surface area (Å²) in [7, 11) is 1.56. The van der Waals surface area contributed by atoms with E-state index in [4.69, 9.17) is 24.5 Å². The molecule has 2 aliphatic rings. The molecule has 0 bridgehead atoms. The second-order valence-corrected chi connectivity index (χ2v) is 8.82. The van der Waals surface area contributed by atoms with Crippen LogP contribution >= 0.6 is 0 Å². The largest absolute Gasteiger partial charge is 0.473 e. The van der Waals surface area contributed by atoms with E-state index in [1.165, 1.54) is 12.1 Å². The van der Waals surface area contributed by atoms with Gasteiger partial charge in [0.1, 0.15) is 0 Å². The molecule has 10 nitrogen and oxygen atoms in total. The smallest absolute Gasteiger partial charge is 0.416 e. The third-order valence-electron chi connectivity index (χ3n) is 6.22. The molecule has 1 aromatic rings. The van der Waals surface area contributed by atoms with E-state index in [1.807, 2.05) is 4.90 Å². The normalized spacial score (nSPS) is 20.1. The van der Waals surface area contributed by atoms with E-state index in [0.717, 1.165) is 57.6 Å². The molecule has 0 aliphatic carbocycles. The molecule has 2 atom stereocenters. The van der Waals surface area contributed by atoms with Gasteiger partial charge in [-0.15, -0.1) is 0 Å². The summed E-state index contributed by atoms with van der Waals surface area (Å²) in [5.41, 5.74) is -0.866. The Kier molecular flexibility index (Phi) is 11.3. The maximum Gasteiger partial charge on any atom is 0.416 e. The molecular formula is C24H32F3N3O7. The summed E-state index contributed by atoms with van der Waals surface area (Å²) < 4.78 is 44.3. The van der Waals surface area contributed by atoms with E-state index in [2.05, 4.69) is 10.2 Å². The zero-order valence-electron chi connectivity index (χ0n) is 20.5. The second kappa shape index (κ2) is 13.9. The molecule has 0 unspecified atom stereocenters. The van der Waals surface area contributed by atoms with Crippen molar-refractivity contribution >= 4 is 23.8 Å². The number of benzene rings is 1. The van der Waals surface area contributed by atoms with Gasteiger partial charge in [0.15, 0.2) is 0 Å². The van der Waals surface area contributed by atoms with Crippen LogP contribution in [0.4, 0.5) is 13.2 Å². The van der Waals surface area contributed by atoms with Crippen molar-refractivity contribution in [3.8, 4) is 0 Å². The first-order valence-corrected chi connectivity index (χ1v) is 11.9. The lowest BCUT2D eigenvalue weighted by atomic mass is 10.00. The third kappa shape index (κ3) is 9.65. The van der Waals surface area contributed by atoms with Crippen LogP contribution in [-0.2, 0) is 25.3 Å². The molecule has 2 saturated heterocycles. The van der Waals surface area contributed by atoms with Crippen molar-refractivity contribution in [1.82, 2.24) is 15.1 Å². The summed E-state index contributed by atoms with van der Waals surface area (Å²) in [4.78, 5) is 47.0. The van der Waals surface area contributed by atoms with Crippen molar-refractivity contribution in [2.24, 2.45) is 0 Å². The molecule has 2 amide bonds. The standard InChI is InChI=1S/C22H30F3N3O3.C2H2O4/c1-31-19-15-27(10-5-8-20(29)28-11-2-3-12-28)13-9-18(19)26-21(30)16-6-4-7-17(14-16)22(23,24)25;3-1(4)2(5)6/h4,6-7,14,18-19H,2-3,5,8-13,15H2,1H3,(H,26,30);(H,3,4)(H,5,6)/t18-,19+;/m0./s1. The van der Waals surface area contributed by atoms with Crippen molar-refractivity contribution in [3.63, 3.8) is 0 Å². The number of hydrogen-bond acceptors (Lipinski definition) is 6. The van der Waals surface area contributed by atoms with Gasteiger partial charge in [0.25, 0.3) is 5.91 Å². The van der Waals surface area contributed by atoms with Gasteiger partial charge >= 0.3 is 18.1 Å². The highest BCUT2D eigenvalue weighted by Crippen LogP contribution is 2.29. The van der Waals surface area contributed by atoms with Crippen LogP contribution in [-0.4, -0.2) is 95.7 Å². The van der Waals surface area contributed by atoms with Gasteiger partial charge in [-0.3, -0.25) is 9.59 Å². The second-order valence-electron chi connectivity index (χ2n) is 8.82. The summed E-state index contributed by atoms with van der Waals surface area (Å²) in [6.45, 7) is 3.82. The van der Waals surface area contributed by atoms with Crippen molar-refractivity contribution < 1.29 is 47.3 Å². The summed E-state index contributed by atoms with van der Waals surface area (Å²) in [5, 5.41) is 17.6. The molecule has 0 spiro atoms. The predicted octanol–water partition coefficient (Wildman–Crippen LogP) is 2.08. The number of alkyl halides is 3. The number of halogens is 3. The molecule has 2 aliphatic heterocycles. The first kappa shape index (κ1) is 30.0. The number of carboxylic acid groups (broad SMARTS) is 2. The maximum atomic E-state index is 12.9. The molecule has 0 aromatic heterocycles. The van der Waals surface area contributed by atoms with Crippen LogP contribution in [0.1, 0.15) is 48.0 Å². The van der Waals surface area contributed by atoms with E-state index < -0.39 is 29.6 Å². The van der Waals surface area contributed by atoms with Crippen LogP contribution in [0.15, 0.2) is 24.3 Å². The zero-order valence-corrected chi connectivity index (χ0v) is 20.5. The lowest BCUT2D eigenvalue weighted by Crippen LogP contribution is -2.55. The van der Waals surface area contributed by atoms with E-state index >= 15 is 0 Å². The average Bonchev–Trinajstić information content (AvgIpc) is 3.40. The van der Waals surface area contributed by atoms with Crippen molar-refractivity contribution in [2.45, 2.75) is 50.4 Å². The fourth-order valence-electron chi connectivity index (χ4n) is 4.25. The van der Waals surface area contributed by atoms with Crippen molar-refractivity contribution in [3.05, 3.63) is 35.4 Å². The Morgan fingerprint density at radius 1 is 1.08 bits per heavy atom. The fraction of sp³-hybridized carbons (Fsp3) is 0.583. The first-order valence-electron chi connectivity index (χ1n) is 11.9. The molecule has 13 heteroatoms. The number of amides is 2. The van der Waals surface area contributed by atoms with E-state index in [1.54, 1.807) is 7.11 Å². The summed E-state index contributed by atoms with van der Waals surface area (Å²) in [6, 6.07) is 4.14. The molecule has 37 heavy (non-hydrogen) atoms. The van der Waals surface area contributed by atoms with Gasteiger partial charge in [0.05, 0.1) is 17.7 Å². The number of aliphatic carboxylic acids is 2. The van der Waals surface area contributed by atoms with E-state index in [9.17, 15) is 22.8 Å². The van der Waals surface area contributed by atoms with Crippen LogP contribution in [0.2, 0.25) is 0 Å². The number of nitrogens with zero attached hydrogens (tertiary/aromatic N) is 2. The van der Waals surface area contributed by atoms with Crippen LogP contribution in [0.25, 0.3) is 0 Å². The molecule has 0 saturated carbocycles. The number of nitrogens with one attached hydrogen (secondary N) is 1. The zero-order chi connectivity index (χ0) is 27.6. The molecule has 3 N–H and O–H groups in total. The van der Waals surface area contributed by atoms with Gasteiger partial charge in [-0.25, -0.2) is 9.59 Å². The fourth-order valence-corrected chi connectivity index (χ4v) is 4.25. The highest BCUT2D eigenvalue weighted by molar-refractivity contribution is 6.27. The van der Waals surface area contributed by atoms with Crippen LogP contribution in [0.3, 0.4) is 0 Å². The average molecular weight is 532 g/mol. The minimum Gasteiger partial charge on any atom is -0.473 e. The van der Waals surface area contributed by atoms with Gasteiger partial charge in [-0.05, 0) is 50.4 Å². The number of hydrogen-bond donors (Lipinski definition) is 3. The molecule has 3 rings (SSSR count). The van der Waals surface area contributed by atoms with Crippen LogP contribution in [0.5, 0.6) is 0 Å². The number of piperidine rings is 1. The summed E-state index contributed by atoms with van der Waals surface area (Å²) in [5.74, 6) is -3.98. The van der Waals surface area contributed by atoms with Crippen LogP contribution < -0.4 is 5.32 Å². The van der Waals surface area contributed by atoms with Gasteiger partial charge in [0.2, 0.25) is 5.91 Å². The minimum atomic E-state index is -4.49. The Morgan fingerprint density at radius 2 is 1.73 bits per heavy atom. The first-order chi connectivity index (χ1) is 17.4. The Balaban J connectivity index is 0.000000717. The van der Waals surface area contributed by atoms with Gasteiger partial charge in [-0.1, -0.05) is 6.07 Å². The number of ether oxygens (including phenoxy) is 1. The number of carboxylic acids is 2. The predicted molar refractivity (Wildman–Crippen MR) is 125 cm³/mol. The lowest BCUT2D eigenvalue weighted by Gasteiger charge is -2.38. The third-order valence-corrected chi connectivity index (χ3v) is 6.22. The minimum absolute atomic E-state index is 0.0208. The highest BCUT2D eigenvalue weighted by Gasteiger charge is 2.33. The van der Waals surface area contributed by atoms with Gasteiger partial charge in [0, 0.05) is 45.3 Å². The number of carbonyl (C=O) groups is 4.